The molecule has 2 aliphatic rings. The van der Waals surface area contributed by atoms with Crippen LogP contribution in [-0.2, 0) is 20.9 Å². The van der Waals surface area contributed by atoms with Crippen LogP contribution in [-0.4, -0.2) is 78.4 Å². The number of morpholine rings is 1. The number of piperidine rings is 1. The van der Waals surface area contributed by atoms with Crippen LogP contribution < -0.4 is 5.32 Å². The second-order valence-electron chi connectivity index (χ2n) is 6.96. The van der Waals surface area contributed by atoms with Crippen molar-refractivity contribution in [2.24, 2.45) is 5.92 Å². The van der Waals surface area contributed by atoms with Crippen molar-refractivity contribution < 1.29 is 29.0 Å². The summed E-state index contributed by atoms with van der Waals surface area (Å²) in [6.07, 6.45) is -1.36. The van der Waals surface area contributed by atoms with Crippen LogP contribution >= 0.6 is 0 Å². The fourth-order valence-electron chi connectivity index (χ4n) is 3.51. The van der Waals surface area contributed by atoms with E-state index >= 15 is 0 Å². The van der Waals surface area contributed by atoms with Gasteiger partial charge in [0.2, 0.25) is 5.91 Å². The fourth-order valence-corrected chi connectivity index (χ4v) is 3.51. The Morgan fingerprint density at radius 1 is 1.11 bits per heavy atom. The molecule has 0 saturated carbocycles. The number of alkyl carbamates (subject to hydrolysis) is 1. The minimum atomic E-state index is -1.11. The van der Waals surface area contributed by atoms with Crippen molar-refractivity contribution in [1.29, 1.82) is 0 Å². The molecular weight excluding hydrogens is 366 g/mol. The monoisotopic (exact) mass is 391 g/mol. The average Bonchev–Trinajstić information content (AvgIpc) is 2.73. The Morgan fingerprint density at radius 2 is 1.82 bits per heavy atom. The Hall–Kier alpha value is -2.81. The second-order valence-corrected chi connectivity index (χ2v) is 6.96. The SMILES string of the molecule is O=C(N[C@H]1C[C@@H](C(=O)N2CCOCC2)CN(C(=O)O)C1)OCc1ccccc1. The summed E-state index contributed by atoms with van der Waals surface area (Å²) in [5.41, 5.74) is 0.855. The second kappa shape index (κ2) is 9.41. The molecule has 152 valence electrons. The number of carbonyl (C=O) groups is 3. The number of hydrogen-bond acceptors (Lipinski definition) is 5. The highest BCUT2D eigenvalue weighted by molar-refractivity contribution is 5.80. The maximum atomic E-state index is 12.8. The van der Waals surface area contributed by atoms with Crippen molar-refractivity contribution in [2.45, 2.75) is 19.1 Å². The molecular formula is C19H25N3O6. The van der Waals surface area contributed by atoms with Gasteiger partial charge < -0.3 is 29.7 Å². The maximum Gasteiger partial charge on any atom is 0.407 e. The van der Waals surface area contributed by atoms with Gasteiger partial charge in [-0.15, -0.1) is 0 Å². The summed E-state index contributed by atoms with van der Waals surface area (Å²) < 4.78 is 10.5. The van der Waals surface area contributed by atoms with E-state index in [4.69, 9.17) is 9.47 Å². The Balaban J connectivity index is 1.57. The summed E-state index contributed by atoms with van der Waals surface area (Å²) >= 11 is 0. The van der Waals surface area contributed by atoms with E-state index in [1.54, 1.807) is 4.90 Å². The lowest BCUT2D eigenvalue weighted by Crippen LogP contribution is -2.56. The van der Waals surface area contributed by atoms with Crippen molar-refractivity contribution >= 4 is 18.1 Å². The normalized spacial score (nSPS) is 22.4. The van der Waals surface area contributed by atoms with Gasteiger partial charge in [-0.2, -0.15) is 0 Å². The van der Waals surface area contributed by atoms with Crippen LogP contribution in [0.25, 0.3) is 0 Å². The summed E-state index contributed by atoms with van der Waals surface area (Å²) in [7, 11) is 0. The lowest BCUT2D eigenvalue weighted by Gasteiger charge is -2.38. The van der Waals surface area contributed by atoms with Gasteiger partial charge in [-0.3, -0.25) is 4.79 Å². The third kappa shape index (κ3) is 5.35. The Kier molecular flexibility index (Phi) is 6.70. The number of nitrogens with one attached hydrogen (secondary N) is 1. The zero-order valence-electron chi connectivity index (χ0n) is 15.6. The smallest absolute Gasteiger partial charge is 0.407 e. The van der Waals surface area contributed by atoms with Crippen LogP contribution in [0.3, 0.4) is 0 Å². The molecule has 2 fully saturated rings. The molecule has 2 atom stereocenters. The molecule has 3 amide bonds. The molecule has 0 spiro atoms. The Bertz CT molecular complexity index is 692. The highest BCUT2D eigenvalue weighted by atomic mass is 16.5. The van der Waals surface area contributed by atoms with Gasteiger partial charge in [0.15, 0.2) is 0 Å². The first-order chi connectivity index (χ1) is 13.5. The number of rotatable bonds is 4. The van der Waals surface area contributed by atoms with E-state index in [0.717, 1.165) is 5.56 Å². The molecule has 0 unspecified atom stereocenters. The van der Waals surface area contributed by atoms with Gasteiger partial charge in [-0.25, -0.2) is 9.59 Å². The van der Waals surface area contributed by atoms with Crippen molar-refractivity contribution in [1.82, 2.24) is 15.1 Å². The highest BCUT2D eigenvalue weighted by Gasteiger charge is 2.37. The lowest BCUT2D eigenvalue weighted by atomic mass is 9.93. The van der Waals surface area contributed by atoms with E-state index < -0.39 is 24.1 Å². The molecule has 0 radical (unpaired) electrons. The first-order valence-electron chi connectivity index (χ1n) is 9.34. The number of likely N-dealkylation sites (tertiary alicyclic amines) is 1. The molecule has 2 N–H and O–H groups in total. The van der Waals surface area contributed by atoms with Gasteiger partial charge in [-0.1, -0.05) is 30.3 Å². The summed E-state index contributed by atoms with van der Waals surface area (Å²) in [5, 5.41) is 12.1. The standard InChI is InChI=1S/C19H25N3O6/c23-17(21-6-8-27-9-7-21)15-10-16(12-22(11-15)19(25)26)20-18(24)28-13-14-4-2-1-3-5-14/h1-5,15-16H,6-13H2,(H,20,24)(H,25,26)/t15-,16+/m1/s1. The number of amides is 3. The van der Waals surface area contributed by atoms with Gasteiger partial charge in [-0.05, 0) is 12.0 Å². The van der Waals surface area contributed by atoms with Gasteiger partial charge in [0, 0.05) is 26.2 Å². The van der Waals surface area contributed by atoms with Crippen molar-refractivity contribution in [3.8, 4) is 0 Å². The zero-order chi connectivity index (χ0) is 19.9. The van der Waals surface area contributed by atoms with E-state index in [-0.39, 0.29) is 25.6 Å². The molecule has 3 rings (SSSR count). The van der Waals surface area contributed by atoms with E-state index in [0.29, 0.717) is 32.7 Å². The molecule has 2 heterocycles. The van der Waals surface area contributed by atoms with Crippen LogP contribution in [0.2, 0.25) is 0 Å². The van der Waals surface area contributed by atoms with Gasteiger partial charge in [0.1, 0.15) is 6.61 Å². The van der Waals surface area contributed by atoms with Gasteiger partial charge >= 0.3 is 12.2 Å². The molecule has 28 heavy (non-hydrogen) atoms. The number of nitrogens with zero attached hydrogens (tertiary/aromatic N) is 2. The van der Waals surface area contributed by atoms with Gasteiger partial charge in [0.05, 0.1) is 25.2 Å². The molecule has 1 aromatic rings. The Labute approximate surface area is 163 Å². The van der Waals surface area contributed by atoms with Crippen LogP contribution in [0.15, 0.2) is 30.3 Å². The molecule has 9 heteroatoms. The predicted molar refractivity (Wildman–Crippen MR) is 98.7 cm³/mol. The number of ether oxygens (including phenoxy) is 2. The van der Waals surface area contributed by atoms with Crippen LogP contribution in [0, 0.1) is 5.92 Å². The Morgan fingerprint density at radius 3 is 2.50 bits per heavy atom. The van der Waals surface area contributed by atoms with Crippen LogP contribution in [0.5, 0.6) is 0 Å². The van der Waals surface area contributed by atoms with Crippen molar-refractivity contribution in [3.63, 3.8) is 0 Å². The van der Waals surface area contributed by atoms with Crippen LogP contribution in [0.4, 0.5) is 9.59 Å². The summed E-state index contributed by atoms with van der Waals surface area (Å²) in [6, 6.07) is 8.78. The van der Waals surface area contributed by atoms with Crippen molar-refractivity contribution in [2.75, 3.05) is 39.4 Å². The summed E-state index contributed by atoms with van der Waals surface area (Å²) in [4.78, 5) is 39.3. The zero-order valence-corrected chi connectivity index (χ0v) is 15.6. The molecule has 0 aliphatic carbocycles. The maximum absolute atomic E-state index is 12.8. The summed E-state index contributed by atoms with van der Waals surface area (Å²) in [5.74, 6) is -0.596. The van der Waals surface area contributed by atoms with E-state index in [1.807, 2.05) is 30.3 Å². The number of carboxylic acid groups (broad SMARTS) is 1. The number of hydrogen-bond donors (Lipinski definition) is 2. The van der Waals surface area contributed by atoms with E-state index in [2.05, 4.69) is 5.32 Å². The third-order valence-electron chi connectivity index (χ3n) is 4.93. The quantitative estimate of drug-likeness (QED) is 0.797. The van der Waals surface area contributed by atoms with Crippen LogP contribution in [0.1, 0.15) is 12.0 Å². The molecule has 1 aromatic carbocycles. The third-order valence-corrected chi connectivity index (χ3v) is 4.93. The first kappa shape index (κ1) is 19.9. The molecule has 2 saturated heterocycles. The first-order valence-corrected chi connectivity index (χ1v) is 9.34. The number of benzene rings is 1. The van der Waals surface area contributed by atoms with E-state index in [1.165, 1.54) is 4.90 Å². The lowest BCUT2D eigenvalue weighted by molar-refractivity contribution is -0.141. The molecule has 9 nitrogen and oxygen atoms in total. The van der Waals surface area contributed by atoms with E-state index in [9.17, 15) is 19.5 Å². The average molecular weight is 391 g/mol. The minimum Gasteiger partial charge on any atom is -0.465 e. The molecule has 0 aromatic heterocycles. The minimum absolute atomic E-state index is 0.0984. The molecule has 0 bridgehead atoms. The largest absolute Gasteiger partial charge is 0.465 e. The van der Waals surface area contributed by atoms with Crippen molar-refractivity contribution in [3.05, 3.63) is 35.9 Å². The highest BCUT2D eigenvalue weighted by Crippen LogP contribution is 2.20. The predicted octanol–water partition coefficient (Wildman–Crippen LogP) is 1.14. The van der Waals surface area contributed by atoms with Gasteiger partial charge in [0.25, 0.3) is 0 Å². The molecule has 2 aliphatic heterocycles. The topological polar surface area (TPSA) is 108 Å². The summed E-state index contributed by atoms with van der Waals surface area (Å²) in [6.45, 7) is 2.34. The fraction of sp³-hybridized carbons (Fsp3) is 0.526. The number of carbonyl (C=O) groups excluding carboxylic acids is 2.